The Morgan fingerprint density at radius 2 is 2.00 bits per heavy atom. The van der Waals surface area contributed by atoms with Crippen molar-refractivity contribution in [2.45, 2.75) is 13.5 Å². The summed E-state index contributed by atoms with van der Waals surface area (Å²) in [6.45, 7) is 1.71. The van der Waals surface area contributed by atoms with Crippen LogP contribution in [0.25, 0.3) is 11.5 Å². The van der Waals surface area contributed by atoms with Crippen molar-refractivity contribution in [3.63, 3.8) is 0 Å². The van der Waals surface area contributed by atoms with Gasteiger partial charge in [0.1, 0.15) is 12.4 Å². The standard InChI is InChI=1S/C15H11FN2O3S/c1-9-2-7-13(22-9)12(19)8-18-15(20)21-14(17-18)10-3-5-11(16)6-4-10/h2-7H,8H2,1H3. The molecular formula is C15H11FN2O3S. The highest BCUT2D eigenvalue weighted by molar-refractivity contribution is 7.14. The summed E-state index contributed by atoms with van der Waals surface area (Å²) >= 11 is 1.36. The molecule has 0 fully saturated rings. The van der Waals surface area contributed by atoms with Gasteiger partial charge in [-0.3, -0.25) is 4.79 Å². The number of thiophene rings is 1. The molecule has 0 aliphatic heterocycles. The number of carbonyl (C=O) groups is 1. The normalized spacial score (nSPS) is 10.8. The molecule has 0 saturated carbocycles. The molecular weight excluding hydrogens is 307 g/mol. The monoisotopic (exact) mass is 318 g/mol. The van der Waals surface area contributed by atoms with Gasteiger partial charge in [0.2, 0.25) is 5.89 Å². The Morgan fingerprint density at radius 3 is 2.64 bits per heavy atom. The first kappa shape index (κ1) is 14.4. The van der Waals surface area contributed by atoms with E-state index in [1.807, 2.05) is 13.0 Å². The van der Waals surface area contributed by atoms with E-state index in [0.29, 0.717) is 10.4 Å². The van der Waals surface area contributed by atoms with Crippen LogP contribution in [0.4, 0.5) is 4.39 Å². The molecule has 0 amide bonds. The van der Waals surface area contributed by atoms with Gasteiger partial charge in [0, 0.05) is 10.4 Å². The second kappa shape index (κ2) is 5.69. The predicted molar refractivity (Wildman–Crippen MR) is 79.5 cm³/mol. The Kier molecular flexibility index (Phi) is 3.72. The number of nitrogens with zero attached hydrogens (tertiary/aromatic N) is 2. The quantitative estimate of drug-likeness (QED) is 0.694. The lowest BCUT2D eigenvalue weighted by Crippen LogP contribution is -2.21. The van der Waals surface area contributed by atoms with Crippen LogP contribution in [0.15, 0.2) is 45.6 Å². The van der Waals surface area contributed by atoms with E-state index >= 15 is 0 Å². The molecule has 0 unspecified atom stereocenters. The van der Waals surface area contributed by atoms with Crippen LogP contribution in [0.5, 0.6) is 0 Å². The fourth-order valence-corrected chi connectivity index (χ4v) is 2.71. The Bertz CT molecular complexity index is 877. The van der Waals surface area contributed by atoms with Crippen molar-refractivity contribution in [2.24, 2.45) is 0 Å². The number of aromatic nitrogens is 2. The van der Waals surface area contributed by atoms with Crippen molar-refractivity contribution in [2.75, 3.05) is 0 Å². The van der Waals surface area contributed by atoms with Crippen molar-refractivity contribution in [3.05, 3.63) is 62.5 Å². The van der Waals surface area contributed by atoms with E-state index in [0.717, 1.165) is 9.56 Å². The van der Waals surface area contributed by atoms with E-state index < -0.39 is 11.6 Å². The fraction of sp³-hybridized carbons (Fsp3) is 0.133. The molecule has 0 radical (unpaired) electrons. The minimum atomic E-state index is -0.721. The maximum absolute atomic E-state index is 12.9. The molecule has 2 heterocycles. The number of hydrogen-bond acceptors (Lipinski definition) is 5. The molecule has 0 atom stereocenters. The maximum Gasteiger partial charge on any atom is 0.437 e. The van der Waals surface area contributed by atoms with Gasteiger partial charge in [-0.15, -0.1) is 16.4 Å². The Morgan fingerprint density at radius 1 is 1.27 bits per heavy atom. The van der Waals surface area contributed by atoms with Gasteiger partial charge in [-0.1, -0.05) is 0 Å². The van der Waals surface area contributed by atoms with Crippen molar-refractivity contribution >= 4 is 17.1 Å². The summed E-state index contributed by atoms with van der Waals surface area (Å²) in [7, 11) is 0. The van der Waals surface area contributed by atoms with Crippen LogP contribution >= 0.6 is 11.3 Å². The van der Waals surface area contributed by atoms with Crippen molar-refractivity contribution in [3.8, 4) is 11.5 Å². The van der Waals surface area contributed by atoms with E-state index in [9.17, 15) is 14.0 Å². The van der Waals surface area contributed by atoms with Crippen molar-refractivity contribution < 1.29 is 13.6 Å². The largest absolute Gasteiger partial charge is 0.437 e. The SMILES string of the molecule is Cc1ccc(C(=O)Cn2nc(-c3ccc(F)cc3)oc2=O)s1. The summed E-state index contributed by atoms with van der Waals surface area (Å²) in [5.41, 5.74) is 0.469. The van der Waals surface area contributed by atoms with Gasteiger partial charge in [-0.25, -0.2) is 9.18 Å². The molecule has 3 aromatic rings. The zero-order chi connectivity index (χ0) is 15.7. The topological polar surface area (TPSA) is 65.1 Å². The number of ketones is 1. The smallest absolute Gasteiger partial charge is 0.388 e. The fourth-order valence-electron chi connectivity index (χ4n) is 1.91. The van der Waals surface area contributed by atoms with E-state index in [2.05, 4.69) is 5.10 Å². The molecule has 3 rings (SSSR count). The first-order valence-corrected chi connectivity index (χ1v) is 7.28. The number of benzene rings is 1. The Labute approximate surface area is 128 Å². The van der Waals surface area contributed by atoms with Gasteiger partial charge >= 0.3 is 5.76 Å². The lowest BCUT2D eigenvalue weighted by atomic mass is 10.2. The molecule has 0 spiro atoms. The molecule has 112 valence electrons. The van der Waals surface area contributed by atoms with Gasteiger partial charge in [0.25, 0.3) is 0 Å². The number of hydrogen-bond donors (Lipinski definition) is 0. The zero-order valence-electron chi connectivity index (χ0n) is 11.6. The highest BCUT2D eigenvalue weighted by Crippen LogP contribution is 2.17. The van der Waals surface area contributed by atoms with Gasteiger partial charge < -0.3 is 4.42 Å². The second-order valence-corrected chi connectivity index (χ2v) is 5.96. The van der Waals surface area contributed by atoms with Gasteiger partial charge in [-0.05, 0) is 43.3 Å². The molecule has 0 N–H and O–H groups in total. The van der Waals surface area contributed by atoms with Crippen LogP contribution in [0, 0.1) is 12.7 Å². The van der Waals surface area contributed by atoms with Crippen LogP contribution in [-0.2, 0) is 6.54 Å². The lowest BCUT2D eigenvalue weighted by molar-refractivity contribution is 0.0969. The molecule has 22 heavy (non-hydrogen) atoms. The molecule has 0 aliphatic carbocycles. The third kappa shape index (κ3) is 2.89. The highest BCUT2D eigenvalue weighted by Gasteiger charge is 2.15. The first-order valence-electron chi connectivity index (χ1n) is 6.46. The van der Waals surface area contributed by atoms with Gasteiger partial charge in [0.05, 0.1) is 4.88 Å². The minimum Gasteiger partial charge on any atom is -0.388 e. The van der Waals surface area contributed by atoms with E-state index in [1.54, 1.807) is 6.07 Å². The van der Waals surface area contributed by atoms with Crippen molar-refractivity contribution in [1.82, 2.24) is 9.78 Å². The molecule has 0 saturated heterocycles. The number of aryl methyl sites for hydroxylation is 1. The second-order valence-electron chi connectivity index (χ2n) is 4.67. The Hall–Kier alpha value is -2.54. The molecule has 1 aromatic carbocycles. The first-order chi connectivity index (χ1) is 10.5. The average Bonchev–Trinajstić information content (AvgIpc) is 3.07. The maximum atomic E-state index is 12.9. The van der Waals surface area contributed by atoms with Crippen molar-refractivity contribution in [1.29, 1.82) is 0 Å². The van der Waals surface area contributed by atoms with Gasteiger partial charge in [0.15, 0.2) is 5.78 Å². The molecule has 7 heteroatoms. The van der Waals surface area contributed by atoms with Crippen LogP contribution in [0.2, 0.25) is 0 Å². The predicted octanol–water partition coefficient (Wildman–Crippen LogP) is 2.90. The molecule has 0 bridgehead atoms. The van der Waals surface area contributed by atoms with Crippen LogP contribution in [0.3, 0.4) is 0 Å². The van der Waals surface area contributed by atoms with Gasteiger partial charge in [-0.2, -0.15) is 4.68 Å². The lowest BCUT2D eigenvalue weighted by Gasteiger charge is -1.96. The third-order valence-corrected chi connectivity index (χ3v) is 4.05. The molecule has 5 nitrogen and oxygen atoms in total. The van der Waals surface area contributed by atoms with E-state index in [-0.39, 0.29) is 18.2 Å². The van der Waals surface area contributed by atoms with E-state index in [1.165, 1.54) is 35.6 Å². The highest BCUT2D eigenvalue weighted by atomic mass is 32.1. The summed E-state index contributed by atoms with van der Waals surface area (Å²) in [4.78, 5) is 25.4. The summed E-state index contributed by atoms with van der Waals surface area (Å²) < 4.78 is 18.9. The zero-order valence-corrected chi connectivity index (χ0v) is 12.4. The number of halogens is 1. The van der Waals surface area contributed by atoms with Crippen LogP contribution in [0.1, 0.15) is 14.5 Å². The molecule has 2 aromatic heterocycles. The number of Topliss-reactive ketones (excluding diaryl/α,β-unsaturated/α-hetero) is 1. The average molecular weight is 318 g/mol. The summed E-state index contributed by atoms with van der Waals surface area (Å²) in [6, 6.07) is 8.95. The summed E-state index contributed by atoms with van der Waals surface area (Å²) in [5.74, 6) is -1.27. The van der Waals surface area contributed by atoms with E-state index in [4.69, 9.17) is 4.42 Å². The number of rotatable bonds is 4. The molecule has 0 aliphatic rings. The van der Waals surface area contributed by atoms with Crippen LogP contribution < -0.4 is 5.76 Å². The minimum absolute atomic E-state index is 0.0557. The van der Waals surface area contributed by atoms with Crippen LogP contribution in [-0.4, -0.2) is 15.6 Å². The Balaban J connectivity index is 1.85. The summed E-state index contributed by atoms with van der Waals surface area (Å²) in [6.07, 6.45) is 0. The third-order valence-electron chi connectivity index (χ3n) is 3.01. The number of carbonyl (C=O) groups excluding carboxylic acids is 1. The summed E-state index contributed by atoms with van der Waals surface area (Å²) in [5, 5.41) is 3.98.